The van der Waals surface area contributed by atoms with Crippen LogP contribution in [-0.4, -0.2) is 35.3 Å². The third-order valence-corrected chi connectivity index (χ3v) is 4.24. The van der Waals surface area contributed by atoms with Gasteiger partial charge >= 0.3 is 0 Å². The Bertz CT molecular complexity index is 352. The average Bonchev–Trinajstić information content (AvgIpc) is 2.37. The van der Waals surface area contributed by atoms with Gasteiger partial charge in [-0.15, -0.1) is 0 Å². The summed E-state index contributed by atoms with van der Waals surface area (Å²) in [6.07, 6.45) is 1.83. The Hall–Kier alpha value is -1.06. The molecule has 0 radical (unpaired) electrons. The third kappa shape index (κ3) is 3.74. The number of hydrogen-bond donors (Lipinski definition) is 1. The summed E-state index contributed by atoms with van der Waals surface area (Å²) < 4.78 is 0. The summed E-state index contributed by atoms with van der Waals surface area (Å²) in [4.78, 5) is 26.9. The lowest BCUT2D eigenvalue weighted by atomic mass is 9.90. The number of nitrogens with zero attached hydrogens (tertiary/aromatic N) is 1. The van der Waals surface area contributed by atoms with E-state index in [0.717, 1.165) is 12.8 Å². The van der Waals surface area contributed by atoms with Crippen LogP contribution in [0.25, 0.3) is 0 Å². The van der Waals surface area contributed by atoms with Crippen LogP contribution in [0.4, 0.5) is 0 Å². The van der Waals surface area contributed by atoms with E-state index in [4.69, 9.17) is 0 Å². The predicted molar refractivity (Wildman–Crippen MR) is 81.2 cm³/mol. The summed E-state index contributed by atoms with van der Waals surface area (Å²) in [6, 6.07) is -0.670. The van der Waals surface area contributed by atoms with Crippen LogP contribution in [-0.2, 0) is 9.59 Å². The van der Waals surface area contributed by atoms with E-state index < -0.39 is 0 Å². The molecule has 0 aromatic heterocycles. The van der Waals surface area contributed by atoms with Crippen LogP contribution in [0.3, 0.4) is 0 Å². The maximum Gasteiger partial charge on any atom is 0.246 e. The molecule has 1 rings (SSSR count). The van der Waals surface area contributed by atoms with Gasteiger partial charge < -0.3 is 10.2 Å². The van der Waals surface area contributed by atoms with Crippen molar-refractivity contribution < 1.29 is 9.59 Å². The predicted octanol–water partition coefficient (Wildman–Crippen LogP) is 2.43. The van der Waals surface area contributed by atoms with E-state index in [1.807, 2.05) is 25.7 Å². The molecule has 1 saturated heterocycles. The van der Waals surface area contributed by atoms with Gasteiger partial charge in [0.25, 0.3) is 0 Å². The monoisotopic (exact) mass is 282 g/mol. The molecule has 1 aliphatic rings. The standard InChI is InChI=1S/C16H30N2O2/c1-7-12(6)13-16(20)18(9-8-10(2)3)14(11(4)5)15(19)17-13/h10-14H,7-9H2,1-6H3,(H,17,19). The van der Waals surface area contributed by atoms with Crippen LogP contribution in [0.2, 0.25) is 0 Å². The molecule has 20 heavy (non-hydrogen) atoms. The number of rotatable bonds is 6. The van der Waals surface area contributed by atoms with E-state index in [1.165, 1.54) is 0 Å². The highest BCUT2D eigenvalue weighted by molar-refractivity contribution is 5.97. The summed E-state index contributed by atoms with van der Waals surface area (Å²) in [5.74, 6) is 0.958. The highest BCUT2D eigenvalue weighted by Gasteiger charge is 2.43. The SMILES string of the molecule is CCC(C)C1NC(=O)C(C(C)C)N(CCC(C)C)C1=O. The molecule has 116 valence electrons. The van der Waals surface area contributed by atoms with Gasteiger partial charge in [-0.1, -0.05) is 48.0 Å². The van der Waals surface area contributed by atoms with Crippen LogP contribution >= 0.6 is 0 Å². The normalized spacial score (nSPS) is 25.3. The molecule has 1 aliphatic heterocycles. The first-order valence-electron chi connectivity index (χ1n) is 7.90. The number of amides is 2. The maximum atomic E-state index is 12.7. The lowest BCUT2D eigenvalue weighted by Crippen LogP contribution is -2.66. The van der Waals surface area contributed by atoms with Gasteiger partial charge in [0.05, 0.1) is 0 Å². The Morgan fingerprint density at radius 3 is 2.20 bits per heavy atom. The molecular weight excluding hydrogens is 252 g/mol. The second kappa shape index (κ2) is 7.09. The van der Waals surface area contributed by atoms with Crippen molar-refractivity contribution in [2.45, 2.75) is 66.5 Å². The minimum absolute atomic E-state index is 0.00801. The molecular formula is C16H30N2O2. The minimum atomic E-state index is -0.352. The summed E-state index contributed by atoms with van der Waals surface area (Å²) in [5.41, 5.74) is 0. The van der Waals surface area contributed by atoms with E-state index in [2.05, 4.69) is 26.1 Å². The maximum absolute atomic E-state index is 12.7. The molecule has 2 amide bonds. The summed E-state index contributed by atoms with van der Waals surface area (Å²) in [7, 11) is 0. The summed E-state index contributed by atoms with van der Waals surface area (Å²) in [6.45, 7) is 13.1. The smallest absolute Gasteiger partial charge is 0.246 e. The van der Waals surface area contributed by atoms with E-state index in [1.54, 1.807) is 0 Å². The molecule has 1 fully saturated rings. The second-order valence-electron chi connectivity index (χ2n) is 6.77. The molecule has 3 atom stereocenters. The zero-order valence-electron chi connectivity index (χ0n) is 13.8. The van der Waals surface area contributed by atoms with Crippen LogP contribution in [0, 0.1) is 17.8 Å². The van der Waals surface area contributed by atoms with Gasteiger partial charge in [-0.25, -0.2) is 0 Å². The summed E-state index contributed by atoms with van der Waals surface area (Å²) in [5, 5.41) is 2.94. The fourth-order valence-corrected chi connectivity index (χ4v) is 2.69. The Morgan fingerprint density at radius 1 is 1.15 bits per heavy atom. The molecule has 4 nitrogen and oxygen atoms in total. The number of nitrogens with one attached hydrogen (secondary N) is 1. The van der Waals surface area contributed by atoms with Gasteiger partial charge in [0.2, 0.25) is 11.8 Å². The number of carbonyl (C=O) groups is 2. The molecule has 0 aliphatic carbocycles. The first-order valence-corrected chi connectivity index (χ1v) is 7.90. The van der Waals surface area contributed by atoms with Gasteiger partial charge in [-0.05, 0) is 24.2 Å². The minimum Gasteiger partial charge on any atom is -0.342 e. The highest BCUT2D eigenvalue weighted by atomic mass is 16.2. The molecule has 0 bridgehead atoms. The van der Waals surface area contributed by atoms with Crippen molar-refractivity contribution in [1.29, 1.82) is 0 Å². The van der Waals surface area contributed by atoms with Gasteiger partial charge in [-0.2, -0.15) is 0 Å². The van der Waals surface area contributed by atoms with E-state index in [9.17, 15) is 9.59 Å². The second-order valence-corrected chi connectivity index (χ2v) is 6.77. The van der Waals surface area contributed by atoms with E-state index in [-0.39, 0.29) is 35.7 Å². The van der Waals surface area contributed by atoms with E-state index in [0.29, 0.717) is 12.5 Å². The van der Waals surface area contributed by atoms with Crippen molar-refractivity contribution in [3.05, 3.63) is 0 Å². The molecule has 4 heteroatoms. The number of hydrogen-bond acceptors (Lipinski definition) is 2. The molecule has 0 spiro atoms. The molecule has 0 aromatic rings. The van der Waals surface area contributed by atoms with Crippen LogP contribution in [0.1, 0.15) is 54.4 Å². The topological polar surface area (TPSA) is 49.4 Å². The fraction of sp³-hybridized carbons (Fsp3) is 0.875. The Morgan fingerprint density at radius 2 is 1.75 bits per heavy atom. The largest absolute Gasteiger partial charge is 0.342 e. The first kappa shape index (κ1) is 17.0. The Kier molecular flexibility index (Phi) is 6.03. The molecule has 1 heterocycles. The fourth-order valence-electron chi connectivity index (χ4n) is 2.69. The van der Waals surface area contributed by atoms with Crippen LogP contribution in [0.5, 0.6) is 0 Å². The van der Waals surface area contributed by atoms with Crippen molar-refractivity contribution in [3.63, 3.8) is 0 Å². The van der Waals surface area contributed by atoms with E-state index >= 15 is 0 Å². The quantitative estimate of drug-likeness (QED) is 0.813. The Labute approximate surface area is 123 Å². The van der Waals surface area contributed by atoms with Gasteiger partial charge in [0.15, 0.2) is 0 Å². The van der Waals surface area contributed by atoms with Crippen LogP contribution in [0.15, 0.2) is 0 Å². The van der Waals surface area contributed by atoms with Crippen molar-refractivity contribution in [2.24, 2.45) is 17.8 Å². The van der Waals surface area contributed by atoms with Gasteiger partial charge in [-0.3, -0.25) is 9.59 Å². The van der Waals surface area contributed by atoms with Crippen molar-refractivity contribution in [1.82, 2.24) is 10.2 Å². The molecule has 1 N–H and O–H groups in total. The molecule has 0 saturated carbocycles. The zero-order chi connectivity index (χ0) is 15.4. The number of carbonyl (C=O) groups excluding carboxylic acids is 2. The molecule has 0 aromatic carbocycles. The van der Waals surface area contributed by atoms with Gasteiger partial charge in [0.1, 0.15) is 12.1 Å². The van der Waals surface area contributed by atoms with Gasteiger partial charge in [0, 0.05) is 6.54 Å². The third-order valence-electron chi connectivity index (χ3n) is 4.24. The Balaban J connectivity index is 2.95. The average molecular weight is 282 g/mol. The molecule has 3 unspecified atom stereocenters. The number of piperazine rings is 1. The van der Waals surface area contributed by atoms with Crippen molar-refractivity contribution >= 4 is 11.8 Å². The van der Waals surface area contributed by atoms with Crippen molar-refractivity contribution in [2.75, 3.05) is 6.54 Å². The summed E-state index contributed by atoms with van der Waals surface area (Å²) >= 11 is 0. The van der Waals surface area contributed by atoms with Crippen LogP contribution < -0.4 is 5.32 Å². The van der Waals surface area contributed by atoms with Crippen molar-refractivity contribution in [3.8, 4) is 0 Å². The zero-order valence-corrected chi connectivity index (χ0v) is 13.8. The lowest BCUT2D eigenvalue weighted by Gasteiger charge is -2.42. The first-order chi connectivity index (χ1) is 9.29. The highest BCUT2D eigenvalue weighted by Crippen LogP contribution is 2.22. The lowest BCUT2D eigenvalue weighted by molar-refractivity contribution is -0.152.